The standard InChI is InChI=1S/C16H25N5O15P2.C11H18N5O13P3.C6H13O9P.C2H8O7P2/c17-13-7-14(19-3-18-13)21(4-20-7)15-11(26)9(24)6(33-15)2-32-37(28,29)36-38(30,31)35-16-12(27)10(25)8(23)5(1-22)34-16;1-25-30(19,20)28-32(23,24)29-31(21,22)26-2-5-7(17)8(18)11(27-5)16-4-15-6-9(12)13-3-14-10(6)16;7-1-2-3(8)4(9)5(10)6(14-2)15-16(11,12)13;1-7-10(3,4)9-11(5,6)8-2/h3-6,8-12,15-16,22-27H,1-2H2,(H,28,29)(H,30,31)(H2,17,18,19);3-5,7-8,11,17-18H,2H2,1H3,(H,19,20)(H,21,22)(H,23,24)(H2,12,13,14);2-10H,1H2,(H2,11,12,13);1-2H3,(H,3,4)(H,5,6)/p-9/t5?,6-,8-,9+,10-,11?,12?,15-,16-;5-,7+,8?,11-;2?,3-,4-,5?,6-;/m111./s1. The maximum absolute atomic E-state index is 12.1. The van der Waals surface area contributed by atoms with E-state index in [0.29, 0.717) is 7.11 Å². The average Bonchev–Trinajstić information content (AvgIpc) is 1.65. The molecule has 4 aliphatic rings. The number of phosphoric ester groups is 7. The van der Waals surface area contributed by atoms with Gasteiger partial charge in [-0.1, -0.05) is 0 Å². The summed E-state index contributed by atoms with van der Waals surface area (Å²) in [7, 11) is -41.6. The van der Waals surface area contributed by atoms with Crippen molar-refractivity contribution in [1.29, 1.82) is 0 Å². The van der Waals surface area contributed by atoms with Gasteiger partial charge < -0.3 is 167 Å². The number of imidazole rings is 2. The minimum Gasteiger partial charge on any atom is -0.790 e. The van der Waals surface area contributed by atoms with E-state index in [1.165, 1.54) is 21.8 Å². The van der Waals surface area contributed by atoms with Crippen molar-refractivity contribution in [2.75, 3.05) is 59.2 Å². The van der Waals surface area contributed by atoms with Gasteiger partial charge in [0.25, 0.3) is 54.8 Å². The molecule has 4 fully saturated rings. The van der Waals surface area contributed by atoms with Crippen LogP contribution in [0.25, 0.3) is 22.3 Å². The molecule has 25 atom stereocenters. The summed E-state index contributed by atoms with van der Waals surface area (Å²) in [5.41, 5.74) is 12.0. The third kappa shape index (κ3) is 23.3. The van der Waals surface area contributed by atoms with Crippen molar-refractivity contribution < 1.29 is 210 Å². The Balaban J connectivity index is 0.000000258. The molecular weight excluding hydrogens is 1510 g/mol. The summed E-state index contributed by atoms with van der Waals surface area (Å²) in [4.78, 5) is 123. The fraction of sp³-hybridized carbons (Fsp3) is 0.714. The Hall–Kier alpha value is -2.90. The number of aliphatic hydroxyl groups is 12. The van der Waals surface area contributed by atoms with E-state index in [1.807, 2.05) is 0 Å². The largest absolute Gasteiger partial charge is 0.790 e. The molecule has 0 saturated carbocycles. The lowest BCUT2D eigenvalue weighted by atomic mass is 10.00. The first-order chi connectivity index (χ1) is 44.6. The van der Waals surface area contributed by atoms with Crippen molar-refractivity contribution in [3.8, 4) is 0 Å². The van der Waals surface area contributed by atoms with Gasteiger partial charge in [-0.3, -0.25) is 45.6 Å². The molecule has 54 nitrogen and oxygen atoms in total. The maximum atomic E-state index is 12.1. The van der Waals surface area contributed by atoms with Crippen molar-refractivity contribution in [3.05, 3.63) is 25.3 Å². The minimum atomic E-state index is -5.97. The molecule has 4 saturated heterocycles. The van der Waals surface area contributed by atoms with Gasteiger partial charge in [-0.2, -0.15) is 0 Å². The molecule has 4 aromatic heterocycles. The highest BCUT2D eigenvalue weighted by Crippen LogP contribution is 2.63. The van der Waals surface area contributed by atoms with Crippen LogP contribution in [0.1, 0.15) is 12.5 Å². The van der Waals surface area contributed by atoms with Crippen LogP contribution in [0.3, 0.4) is 0 Å². The molecule has 0 amide bonds. The average molecular weight is 1570 g/mol. The number of aliphatic hydroxyl groups excluding tert-OH is 12. The number of phosphoric acid groups is 8. The summed E-state index contributed by atoms with van der Waals surface area (Å²) in [5, 5.41) is 116. The Morgan fingerprint density at radius 3 is 1.07 bits per heavy atom. The van der Waals surface area contributed by atoms with Gasteiger partial charge in [-0.15, -0.1) is 0 Å². The topological polar surface area (TPSA) is 865 Å². The van der Waals surface area contributed by atoms with Gasteiger partial charge in [0.2, 0.25) is 0 Å². The van der Waals surface area contributed by atoms with E-state index in [9.17, 15) is 132 Å². The molecule has 8 rings (SSSR count). The molecule has 62 heteroatoms. The number of aromatic nitrogens is 8. The number of rotatable bonds is 25. The molecule has 558 valence electrons. The molecule has 4 aliphatic heterocycles. The molecule has 0 aromatic carbocycles. The van der Waals surface area contributed by atoms with E-state index in [0.717, 1.165) is 26.9 Å². The first-order valence-electron chi connectivity index (χ1n) is 25.5. The second-order valence-electron chi connectivity index (χ2n) is 18.9. The predicted molar refractivity (Wildman–Crippen MR) is 279 cm³/mol. The third-order valence-corrected chi connectivity index (χ3v) is 22.0. The molecule has 0 aliphatic carbocycles. The minimum absolute atomic E-state index is 0.0269. The number of nitrogens with zero attached hydrogens (tertiary/aromatic N) is 8. The highest BCUT2D eigenvalue weighted by Gasteiger charge is 2.49. The van der Waals surface area contributed by atoms with E-state index < -0.39 is 200 Å². The van der Waals surface area contributed by atoms with Crippen LogP contribution < -0.4 is 55.5 Å². The first-order valence-corrected chi connectivity index (χ1v) is 37.1. The smallest absolute Gasteiger partial charge is 0.280 e. The van der Waals surface area contributed by atoms with E-state index in [1.54, 1.807) is 0 Å². The Labute approximate surface area is 539 Å². The van der Waals surface area contributed by atoms with Gasteiger partial charge in [0.15, 0.2) is 48.0 Å². The van der Waals surface area contributed by atoms with Gasteiger partial charge in [-0.05, 0) is 0 Å². The van der Waals surface area contributed by atoms with Crippen molar-refractivity contribution in [2.24, 2.45) is 0 Å². The second-order valence-corrected chi connectivity index (χ2v) is 30.7. The molecule has 0 bridgehead atoms. The Kier molecular flexibility index (Phi) is 29.8. The molecule has 16 N–H and O–H groups in total. The normalized spacial score (nSPS) is 33.6. The zero-order valence-electron chi connectivity index (χ0n) is 48.3. The third-order valence-electron chi connectivity index (χ3n) is 12.4. The summed E-state index contributed by atoms with van der Waals surface area (Å²) < 4.78 is 154. The molecule has 0 spiro atoms. The SMILES string of the molecule is COP(=O)([O-])OP(=O)([O-])OC.COP(=O)([O-])OP(=O)([O-])OP(=O)([O-])OC[C@H]1O[C@@H](n2cnc3c(N)ncnc32)C(O)[C@H]1O.Nc1ncnc2c1ncn2[C@@H]1O[C@H](COP(=O)([O-])OP(=O)([O-])O[C@H]2OC(CO)[C@@H](O)[C@@H](O)C2O)[C@H](O)C1O.O=P([O-])([O-])O[C@H]1OC(CO)[C@@H](O)[C@@H](O)C1O. The van der Waals surface area contributed by atoms with Crippen LogP contribution in [-0.2, 0) is 104 Å². The molecule has 0 radical (unpaired) electrons. The number of anilines is 2. The Morgan fingerprint density at radius 2 is 0.732 bits per heavy atom. The number of ether oxygens (including phenoxy) is 4. The lowest BCUT2D eigenvalue weighted by Gasteiger charge is -2.43. The van der Waals surface area contributed by atoms with Crippen molar-refractivity contribution in [1.82, 2.24) is 39.0 Å². The van der Waals surface area contributed by atoms with E-state index in [-0.39, 0.29) is 34.0 Å². The van der Waals surface area contributed by atoms with Gasteiger partial charge in [0.1, 0.15) is 109 Å². The van der Waals surface area contributed by atoms with Crippen molar-refractivity contribution in [3.63, 3.8) is 0 Å². The molecule has 4 aromatic rings. The number of fused-ring (bicyclic) bond motifs is 2. The summed E-state index contributed by atoms with van der Waals surface area (Å²) in [6.07, 6.45) is -26.2. The van der Waals surface area contributed by atoms with Crippen LogP contribution in [0.15, 0.2) is 25.3 Å². The highest BCUT2D eigenvalue weighted by molar-refractivity contribution is 7.65. The summed E-state index contributed by atoms with van der Waals surface area (Å²) in [6, 6.07) is 0. The first kappa shape index (κ1) is 84.8. The number of nitrogens with two attached hydrogens (primary N) is 2. The van der Waals surface area contributed by atoms with Crippen LogP contribution in [-0.4, -0.2) is 246 Å². The Morgan fingerprint density at radius 1 is 0.412 bits per heavy atom. The molecular formula is C35H55N10O44P8-9. The Bertz CT molecular complexity index is 3650. The number of hydrogen-bond donors (Lipinski definition) is 14. The zero-order chi connectivity index (χ0) is 73.5. The van der Waals surface area contributed by atoms with Crippen LogP contribution in [0, 0.1) is 0 Å². The summed E-state index contributed by atoms with van der Waals surface area (Å²) in [6.45, 7) is -3.71. The number of nitrogen functional groups attached to an aromatic ring is 2. The second kappa shape index (κ2) is 34.1. The van der Waals surface area contributed by atoms with Gasteiger partial charge in [-0.25, -0.2) is 47.1 Å². The summed E-state index contributed by atoms with van der Waals surface area (Å²) in [5.74, 6) is 0.0607. The molecule has 13 unspecified atom stereocenters. The van der Waals surface area contributed by atoms with E-state index in [2.05, 4.69) is 83.5 Å². The van der Waals surface area contributed by atoms with Gasteiger partial charge >= 0.3 is 0 Å². The van der Waals surface area contributed by atoms with Crippen LogP contribution in [0.2, 0.25) is 0 Å². The number of hydrogen-bond acceptors (Lipinski definition) is 52. The summed E-state index contributed by atoms with van der Waals surface area (Å²) >= 11 is 0. The van der Waals surface area contributed by atoms with E-state index >= 15 is 0 Å². The fourth-order valence-electron chi connectivity index (χ4n) is 7.87. The monoisotopic (exact) mass is 1570 g/mol. The van der Waals surface area contributed by atoms with Gasteiger partial charge in [0.05, 0.1) is 46.9 Å². The van der Waals surface area contributed by atoms with Crippen molar-refractivity contribution in [2.45, 2.75) is 110 Å². The molecule has 8 heterocycles. The highest BCUT2D eigenvalue weighted by atomic mass is 31.3. The van der Waals surface area contributed by atoms with Crippen LogP contribution in [0.4, 0.5) is 11.6 Å². The van der Waals surface area contributed by atoms with Crippen LogP contribution >= 0.6 is 62.6 Å². The van der Waals surface area contributed by atoms with Crippen LogP contribution in [0.5, 0.6) is 0 Å². The van der Waals surface area contributed by atoms with E-state index in [4.69, 9.17) is 35.9 Å². The molecule has 97 heavy (non-hydrogen) atoms. The maximum Gasteiger partial charge on any atom is 0.280 e. The predicted octanol–water partition coefficient (Wildman–Crippen LogP) is -13.2. The fourth-order valence-corrected chi connectivity index (χ4v) is 15.0. The zero-order valence-corrected chi connectivity index (χ0v) is 55.4. The van der Waals surface area contributed by atoms with Crippen molar-refractivity contribution >= 4 is 96.5 Å². The quantitative estimate of drug-likeness (QED) is 0.0274. The lowest BCUT2D eigenvalue weighted by molar-refractivity contribution is -0.368. The van der Waals surface area contributed by atoms with Gasteiger partial charge in [0, 0.05) is 21.3 Å². The lowest BCUT2D eigenvalue weighted by Crippen LogP contribution is -2.59.